The summed E-state index contributed by atoms with van der Waals surface area (Å²) in [4.78, 5) is 0. The molecule has 0 saturated heterocycles. The summed E-state index contributed by atoms with van der Waals surface area (Å²) >= 11 is 0. The number of hydrogen-bond donors (Lipinski definition) is 0. The summed E-state index contributed by atoms with van der Waals surface area (Å²) in [5, 5.41) is 0. The van der Waals surface area contributed by atoms with Gasteiger partial charge in [0.1, 0.15) is 12.4 Å². The fourth-order valence-corrected chi connectivity index (χ4v) is 4.84. The number of ether oxygens (including phenoxy) is 1. The zero-order valence-electron chi connectivity index (χ0n) is 19.7. The van der Waals surface area contributed by atoms with Crippen LogP contribution in [-0.2, 0) is 0 Å². The van der Waals surface area contributed by atoms with Crippen LogP contribution >= 0.6 is 0 Å². The molecule has 1 fully saturated rings. The summed E-state index contributed by atoms with van der Waals surface area (Å²) in [5.74, 6) is 2.16. The molecule has 0 atom stereocenters. The van der Waals surface area contributed by atoms with Gasteiger partial charge in [-0.3, -0.25) is 0 Å². The Hall–Kier alpha value is -2.23. The topological polar surface area (TPSA) is 9.23 Å². The molecule has 0 radical (unpaired) electrons. The van der Waals surface area contributed by atoms with Crippen molar-refractivity contribution in [3.05, 3.63) is 66.2 Å². The molecular formula is C29H37F3O. The van der Waals surface area contributed by atoms with Gasteiger partial charge in [-0.05, 0) is 72.4 Å². The normalized spacial score (nSPS) is 19.2. The van der Waals surface area contributed by atoms with Crippen molar-refractivity contribution in [3.8, 4) is 16.9 Å². The predicted octanol–water partition coefficient (Wildman–Crippen LogP) is 9.49. The van der Waals surface area contributed by atoms with E-state index in [1.807, 2.05) is 12.1 Å². The van der Waals surface area contributed by atoms with E-state index in [0.717, 1.165) is 23.1 Å². The molecule has 0 N–H and O–H groups in total. The lowest BCUT2D eigenvalue weighted by molar-refractivity contribution is -0.0801. The third-order valence-corrected chi connectivity index (χ3v) is 6.79. The molecule has 0 aromatic heterocycles. The van der Waals surface area contributed by atoms with Crippen LogP contribution in [0.2, 0.25) is 0 Å². The number of hydrogen-bond acceptors (Lipinski definition) is 1. The summed E-state index contributed by atoms with van der Waals surface area (Å²) in [6, 6.07) is 16.4. The van der Waals surface area contributed by atoms with Gasteiger partial charge in [-0.15, -0.1) is 0 Å². The summed E-state index contributed by atoms with van der Waals surface area (Å²) < 4.78 is 41.7. The lowest BCUT2D eigenvalue weighted by Gasteiger charge is -2.29. The molecule has 1 aliphatic carbocycles. The monoisotopic (exact) mass is 458 g/mol. The molecule has 1 aliphatic rings. The van der Waals surface area contributed by atoms with Crippen LogP contribution in [-0.4, -0.2) is 12.8 Å². The van der Waals surface area contributed by atoms with Gasteiger partial charge in [-0.1, -0.05) is 81.8 Å². The number of unbranched alkanes of at least 4 members (excludes halogenated alkanes) is 4. The second kappa shape index (κ2) is 12.9. The Morgan fingerprint density at radius 1 is 0.818 bits per heavy atom. The van der Waals surface area contributed by atoms with Crippen LogP contribution in [0, 0.1) is 5.92 Å². The Bertz CT molecular complexity index is 829. The highest BCUT2D eigenvalue weighted by Gasteiger charge is 2.22. The minimum absolute atomic E-state index is 0.103. The van der Waals surface area contributed by atoms with Crippen LogP contribution in [0.1, 0.15) is 82.6 Å². The van der Waals surface area contributed by atoms with Gasteiger partial charge in [0, 0.05) is 6.08 Å². The van der Waals surface area contributed by atoms with Crippen molar-refractivity contribution in [3.63, 3.8) is 0 Å². The van der Waals surface area contributed by atoms with Gasteiger partial charge >= 0.3 is 6.18 Å². The first-order valence-electron chi connectivity index (χ1n) is 12.5. The van der Waals surface area contributed by atoms with Crippen LogP contribution in [0.3, 0.4) is 0 Å². The van der Waals surface area contributed by atoms with Crippen LogP contribution in [0.4, 0.5) is 13.2 Å². The molecule has 0 spiro atoms. The van der Waals surface area contributed by atoms with Gasteiger partial charge in [0.05, 0.1) is 0 Å². The largest absolute Gasteiger partial charge is 0.490 e. The molecule has 2 aromatic rings. The van der Waals surface area contributed by atoms with Gasteiger partial charge in [0.25, 0.3) is 0 Å². The fraction of sp³-hybridized carbons (Fsp3) is 0.517. The average Bonchev–Trinajstić information content (AvgIpc) is 2.82. The van der Waals surface area contributed by atoms with Crippen molar-refractivity contribution in [1.29, 1.82) is 0 Å². The second-order valence-electron chi connectivity index (χ2n) is 9.32. The molecule has 4 heteroatoms. The summed E-state index contributed by atoms with van der Waals surface area (Å²) in [7, 11) is 0. The van der Waals surface area contributed by atoms with Crippen molar-refractivity contribution in [2.24, 2.45) is 5.92 Å². The Kier molecular flexibility index (Phi) is 9.90. The molecule has 0 amide bonds. The zero-order valence-corrected chi connectivity index (χ0v) is 19.7. The van der Waals surface area contributed by atoms with Crippen LogP contribution in [0.25, 0.3) is 11.1 Å². The molecule has 180 valence electrons. The van der Waals surface area contributed by atoms with Crippen LogP contribution in [0.5, 0.6) is 5.75 Å². The molecule has 0 bridgehead atoms. The highest BCUT2D eigenvalue weighted by Crippen LogP contribution is 2.38. The quantitative estimate of drug-likeness (QED) is 0.241. The average molecular weight is 459 g/mol. The van der Waals surface area contributed by atoms with Crippen molar-refractivity contribution in [2.45, 2.75) is 83.2 Å². The standard InChI is InChI=1S/C29H37F3O/c1-2-3-4-5-6-8-23-9-11-24(12-10-23)25-13-15-26(16-14-25)27-17-19-28(20-18-27)33-22-7-21-29(30,31)32/h7,13-21,23-24H,2-6,8-12,22H2,1H3/b21-7+/t23-,24-. The van der Waals surface area contributed by atoms with Crippen molar-refractivity contribution < 1.29 is 17.9 Å². The smallest absolute Gasteiger partial charge is 0.409 e. The van der Waals surface area contributed by atoms with E-state index in [2.05, 4.69) is 31.2 Å². The molecule has 2 aromatic carbocycles. The maximum atomic E-state index is 12.1. The molecular weight excluding hydrogens is 421 g/mol. The van der Waals surface area contributed by atoms with E-state index in [0.29, 0.717) is 11.7 Å². The van der Waals surface area contributed by atoms with E-state index in [9.17, 15) is 13.2 Å². The SMILES string of the molecule is CCCCCCC[C@H]1CC[C@H](c2ccc(-c3ccc(OC/C=C/C(F)(F)F)cc3)cc2)CC1. The minimum atomic E-state index is -4.30. The first-order valence-corrected chi connectivity index (χ1v) is 12.5. The van der Waals surface area contributed by atoms with E-state index in [4.69, 9.17) is 4.74 Å². The van der Waals surface area contributed by atoms with E-state index >= 15 is 0 Å². The fourth-order valence-electron chi connectivity index (χ4n) is 4.84. The van der Waals surface area contributed by atoms with Crippen molar-refractivity contribution >= 4 is 0 Å². The maximum absolute atomic E-state index is 12.1. The highest BCUT2D eigenvalue weighted by molar-refractivity contribution is 5.64. The molecule has 0 heterocycles. The lowest BCUT2D eigenvalue weighted by atomic mass is 9.77. The number of allylic oxidation sites excluding steroid dienone is 1. The maximum Gasteiger partial charge on any atom is 0.409 e. The third kappa shape index (κ3) is 8.91. The summed E-state index contributed by atoms with van der Waals surface area (Å²) in [5.41, 5.74) is 3.66. The van der Waals surface area contributed by atoms with Gasteiger partial charge in [-0.2, -0.15) is 13.2 Å². The van der Waals surface area contributed by atoms with Crippen LogP contribution in [0.15, 0.2) is 60.7 Å². The van der Waals surface area contributed by atoms with Gasteiger partial charge in [-0.25, -0.2) is 0 Å². The van der Waals surface area contributed by atoms with Gasteiger partial charge in [0.15, 0.2) is 0 Å². The van der Waals surface area contributed by atoms with Gasteiger partial charge < -0.3 is 4.74 Å². The first kappa shape index (κ1) is 25.4. The number of rotatable bonds is 11. The molecule has 33 heavy (non-hydrogen) atoms. The number of alkyl halides is 3. The van der Waals surface area contributed by atoms with E-state index in [-0.39, 0.29) is 12.7 Å². The molecule has 0 unspecified atom stereocenters. The van der Waals surface area contributed by atoms with E-state index < -0.39 is 6.18 Å². The molecule has 3 rings (SSSR count). The van der Waals surface area contributed by atoms with Crippen molar-refractivity contribution in [1.82, 2.24) is 0 Å². The molecule has 1 saturated carbocycles. The number of halogens is 3. The van der Waals surface area contributed by atoms with Gasteiger partial charge in [0.2, 0.25) is 0 Å². The molecule has 1 nitrogen and oxygen atoms in total. The molecule has 0 aliphatic heterocycles. The number of benzene rings is 2. The predicted molar refractivity (Wildman–Crippen MR) is 131 cm³/mol. The third-order valence-electron chi connectivity index (χ3n) is 6.79. The minimum Gasteiger partial charge on any atom is -0.490 e. The zero-order chi connectivity index (χ0) is 23.5. The first-order chi connectivity index (χ1) is 15.9. The Balaban J connectivity index is 1.44. The summed E-state index contributed by atoms with van der Waals surface area (Å²) in [6.45, 7) is 2.17. The Morgan fingerprint density at radius 2 is 1.42 bits per heavy atom. The summed E-state index contributed by atoms with van der Waals surface area (Å²) in [6.07, 6.45) is 10.5. The van der Waals surface area contributed by atoms with E-state index in [1.54, 1.807) is 12.1 Å². The second-order valence-corrected chi connectivity index (χ2v) is 9.32. The van der Waals surface area contributed by atoms with Crippen LogP contribution < -0.4 is 4.74 Å². The Morgan fingerprint density at radius 3 is 2.03 bits per heavy atom. The highest BCUT2D eigenvalue weighted by atomic mass is 19.4. The van der Waals surface area contributed by atoms with Crippen molar-refractivity contribution in [2.75, 3.05) is 6.61 Å². The van der Waals surface area contributed by atoms with E-state index in [1.165, 1.54) is 69.8 Å². The lowest BCUT2D eigenvalue weighted by Crippen LogP contribution is -2.13. The Labute approximate surface area is 197 Å².